The van der Waals surface area contributed by atoms with Gasteiger partial charge in [0.05, 0.1) is 11.5 Å². The maximum Gasteiger partial charge on any atom is 0.240 e. The van der Waals surface area contributed by atoms with E-state index >= 15 is 0 Å². The van der Waals surface area contributed by atoms with E-state index in [1.54, 1.807) is 18.2 Å². The monoisotopic (exact) mass is 369 g/mol. The second-order valence-corrected chi connectivity index (χ2v) is 8.06. The third-order valence-electron chi connectivity index (χ3n) is 4.57. The predicted octanol–water partition coefficient (Wildman–Crippen LogP) is 0.603. The van der Waals surface area contributed by atoms with Gasteiger partial charge < -0.3 is 15.8 Å². The molecule has 1 saturated carbocycles. The minimum atomic E-state index is -3.58. The molecule has 0 radical (unpaired) electrons. The van der Waals surface area contributed by atoms with Crippen molar-refractivity contribution in [2.24, 2.45) is 17.6 Å². The first-order valence-corrected chi connectivity index (χ1v) is 10.0. The number of carbonyl (C=O) groups excluding carboxylic acids is 1. The highest BCUT2D eigenvalue weighted by Gasteiger charge is 2.31. The van der Waals surface area contributed by atoms with Crippen molar-refractivity contribution in [3.8, 4) is 0 Å². The van der Waals surface area contributed by atoms with Crippen LogP contribution in [0.4, 0.5) is 0 Å². The summed E-state index contributed by atoms with van der Waals surface area (Å²) in [6.07, 6.45) is 2.89. The summed E-state index contributed by atoms with van der Waals surface area (Å²) in [5.74, 6) is 0.212. The van der Waals surface area contributed by atoms with Crippen LogP contribution in [-0.2, 0) is 26.1 Å². The Labute approximate surface area is 149 Å². The van der Waals surface area contributed by atoms with Gasteiger partial charge in [0.1, 0.15) is 0 Å². The quantitative estimate of drug-likeness (QED) is 0.552. The minimum absolute atomic E-state index is 0.000528. The number of nitrogens with two attached hydrogens (primary N) is 1. The number of rotatable bonds is 9. The first-order valence-electron chi connectivity index (χ1n) is 8.53. The molecule has 0 aliphatic heterocycles. The number of hydrogen-bond donors (Lipinski definition) is 3. The van der Waals surface area contributed by atoms with Gasteiger partial charge in [-0.15, -0.1) is 0 Å². The Kier molecular flexibility index (Phi) is 7.37. The van der Waals surface area contributed by atoms with E-state index in [0.717, 1.165) is 24.8 Å². The van der Waals surface area contributed by atoms with E-state index in [-0.39, 0.29) is 29.2 Å². The van der Waals surface area contributed by atoms with Gasteiger partial charge in [0.2, 0.25) is 15.9 Å². The Hall–Kier alpha value is -1.48. The maximum atomic E-state index is 12.3. The SMILES string of the molecule is COCCNS(=O)(=O)c1cccc(CNC(=O)[C@@H]2CCC[C@@H]2CN)c1. The van der Waals surface area contributed by atoms with Crippen LogP contribution >= 0.6 is 0 Å². The number of methoxy groups -OCH3 is 1. The summed E-state index contributed by atoms with van der Waals surface area (Å²) in [7, 11) is -2.07. The van der Waals surface area contributed by atoms with Gasteiger partial charge in [-0.05, 0) is 43.0 Å². The van der Waals surface area contributed by atoms with Crippen LogP contribution in [0.25, 0.3) is 0 Å². The lowest BCUT2D eigenvalue weighted by Crippen LogP contribution is -2.34. The largest absolute Gasteiger partial charge is 0.383 e. The number of carbonyl (C=O) groups is 1. The highest BCUT2D eigenvalue weighted by molar-refractivity contribution is 7.89. The first kappa shape index (κ1) is 19.8. The summed E-state index contributed by atoms with van der Waals surface area (Å²) < 4.78 is 31.8. The predicted molar refractivity (Wildman–Crippen MR) is 95.2 cm³/mol. The standard InChI is InChI=1S/C17H27N3O4S/c1-24-9-8-20-25(22,23)15-6-2-4-13(10-15)12-19-17(21)16-7-3-5-14(16)11-18/h2,4,6,10,14,16,20H,3,5,7-9,11-12,18H2,1H3,(H,19,21)/t14-,16-/m1/s1. The third kappa shape index (κ3) is 5.50. The summed E-state index contributed by atoms with van der Waals surface area (Å²) in [4.78, 5) is 12.5. The molecule has 1 amide bonds. The van der Waals surface area contributed by atoms with Gasteiger partial charge in [-0.2, -0.15) is 0 Å². The van der Waals surface area contributed by atoms with E-state index in [9.17, 15) is 13.2 Å². The smallest absolute Gasteiger partial charge is 0.240 e. The lowest BCUT2D eigenvalue weighted by molar-refractivity contribution is -0.126. The van der Waals surface area contributed by atoms with Crippen molar-refractivity contribution in [1.29, 1.82) is 0 Å². The number of nitrogens with one attached hydrogen (secondary N) is 2. The lowest BCUT2D eigenvalue weighted by Gasteiger charge is -2.17. The van der Waals surface area contributed by atoms with Gasteiger partial charge in [-0.25, -0.2) is 13.1 Å². The summed E-state index contributed by atoms with van der Waals surface area (Å²) in [5.41, 5.74) is 6.47. The Morgan fingerprint density at radius 1 is 1.36 bits per heavy atom. The molecule has 2 rings (SSSR count). The van der Waals surface area contributed by atoms with Gasteiger partial charge in [0.15, 0.2) is 0 Å². The summed E-state index contributed by atoms with van der Waals surface area (Å²) >= 11 is 0. The molecule has 0 heterocycles. The number of sulfonamides is 1. The van der Waals surface area contributed by atoms with Crippen LogP contribution in [-0.4, -0.2) is 41.1 Å². The molecule has 1 aromatic rings. The number of amides is 1. The van der Waals surface area contributed by atoms with E-state index in [1.165, 1.54) is 13.2 Å². The van der Waals surface area contributed by atoms with E-state index < -0.39 is 10.0 Å². The average Bonchev–Trinajstić information content (AvgIpc) is 3.09. The second-order valence-electron chi connectivity index (χ2n) is 6.29. The zero-order chi connectivity index (χ0) is 18.3. The van der Waals surface area contributed by atoms with E-state index in [0.29, 0.717) is 19.7 Å². The van der Waals surface area contributed by atoms with Gasteiger partial charge in [-0.3, -0.25) is 4.79 Å². The summed E-state index contributed by atoms with van der Waals surface area (Å²) in [5, 5.41) is 2.91. The number of ether oxygens (including phenoxy) is 1. The minimum Gasteiger partial charge on any atom is -0.383 e. The number of hydrogen-bond acceptors (Lipinski definition) is 5. The van der Waals surface area contributed by atoms with Gasteiger partial charge in [0, 0.05) is 26.1 Å². The van der Waals surface area contributed by atoms with Crippen LogP contribution in [0.3, 0.4) is 0 Å². The molecule has 1 aromatic carbocycles. The zero-order valence-electron chi connectivity index (χ0n) is 14.5. The summed E-state index contributed by atoms with van der Waals surface area (Å²) in [6, 6.07) is 6.57. The molecule has 1 aliphatic carbocycles. The fourth-order valence-electron chi connectivity index (χ4n) is 3.17. The first-order chi connectivity index (χ1) is 12.0. The maximum absolute atomic E-state index is 12.3. The fraction of sp³-hybridized carbons (Fsp3) is 0.588. The van der Waals surface area contributed by atoms with Crippen LogP contribution in [0.1, 0.15) is 24.8 Å². The molecule has 4 N–H and O–H groups in total. The Bertz CT molecular complexity index is 678. The molecule has 140 valence electrons. The van der Waals surface area contributed by atoms with E-state index in [1.807, 2.05) is 0 Å². The van der Waals surface area contributed by atoms with Crippen LogP contribution in [0.5, 0.6) is 0 Å². The molecule has 0 aromatic heterocycles. The topological polar surface area (TPSA) is 111 Å². The molecule has 1 aliphatic rings. The Morgan fingerprint density at radius 3 is 2.88 bits per heavy atom. The Morgan fingerprint density at radius 2 is 2.16 bits per heavy atom. The summed E-state index contributed by atoms with van der Waals surface area (Å²) in [6.45, 7) is 1.34. The van der Waals surface area contributed by atoms with Crippen molar-refractivity contribution in [2.75, 3.05) is 26.8 Å². The van der Waals surface area contributed by atoms with E-state index in [2.05, 4.69) is 10.0 Å². The molecule has 0 saturated heterocycles. The van der Waals surface area contributed by atoms with Crippen LogP contribution < -0.4 is 15.8 Å². The van der Waals surface area contributed by atoms with Crippen molar-refractivity contribution >= 4 is 15.9 Å². The van der Waals surface area contributed by atoms with Crippen molar-refractivity contribution < 1.29 is 17.9 Å². The van der Waals surface area contributed by atoms with Gasteiger partial charge >= 0.3 is 0 Å². The van der Waals surface area contributed by atoms with Crippen molar-refractivity contribution in [3.05, 3.63) is 29.8 Å². The molecule has 0 bridgehead atoms. The second kappa shape index (κ2) is 9.28. The Balaban J connectivity index is 1.96. The van der Waals surface area contributed by atoms with Crippen LogP contribution in [0, 0.1) is 11.8 Å². The molecular formula is C17H27N3O4S. The molecule has 0 unspecified atom stereocenters. The van der Waals surface area contributed by atoms with Crippen LogP contribution in [0.15, 0.2) is 29.2 Å². The molecule has 8 heteroatoms. The molecule has 0 spiro atoms. The van der Waals surface area contributed by atoms with Gasteiger partial charge in [0.25, 0.3) is 0 Å². The molecule has 25 heavy (non-hydrogen) atoms. The highest BCUT2D eigenvalue weighted by Crippen LogP contribution is 2.31. The lowest BCUT2D eigenvalue weighted by atomic mass is 9.95. The normalized spacial score (nSPS) is 20.6. The number of benzene rings is 1. The van der Waals surface area contributed by atoms with Crippen molar-refractivity contribution in [1.82, 2.24) is 10.0 Å². The van der Waals surface area contributed by atoms with Crippen molar-refractivity contribution in [2.45, 2.75) is 30.7 Å². The highest BCUT2D eigenvalue weighted by atomic mass is 32.2. The van der Waals surface area contributed by atoms with E-state index in [4.69, 9.17) is 10.5 Å². The molecule has 2 atom stereocenters. The van der Waals surface area contributed by atoms with Crippen LogP contribution in [0.2, 0.25) is 0 Å². The molecule has 1 fully saturated rings. The van der Waals surface area contributed by atoms with Gasteiger partial charge in [-0.1, -0.05) is 18.6 Å². The zero-order valence-corrected chi connectivity index (χ0v) is 15.3. The fourth-order valence-corrected chi connectivity index (χ4v) is 4.25. The molecular weight excluding hydrogens is 342 g/mol. The average molecular weight is 369 g/mol. The molecule has 7 nitrogen and oxygen atoms in total. The third-order valence-corrected chi connectivity index (χ3v) is 6.03. The van der Waals surface area contributed by atoms with Crippen molar-refractivity contribution in [3.63, 3.8) is 0 Å².